The molecule has 2 amide bonds. The van der Waals surface area contributed by atoms with Crippen LogP contribution >= 0.6 is 0 Å². The van der Waals surface area contributed by atoms with Gasteiger partial charge in [-0.05, 0) is 12.5 Å². The van der Waals surface area contributed by atoms with Crippen LogP contribution < -0.4 is 5.32 Å². The zero-order chi connectivity index (χ0) is 18.1. The highest BCUT2D eigenvalue weighted by Crippen LogP contribution is 2.07. The monoisotopic (exact) mass is 342 g/mol. The number of piperazine rings is 1. The van der Waals surface area contributed by atoms with Crippen LogP contribution in [-0.4, -0.2) is 54.6 Å². The lowest BCUT2D eigenvalue weighted by atomic mass is 10.2. The summed E-state index contributed by atoms with van der Waals surface area (Å²) in [6, 6.07) is 11.5. The van der Waals surface area contributed by atoms with Gasteiger partial charge >= 0.3 is 6.09 Å². The van der Waals surface area contributed by atoms with Crippen LogP contribution in [0.25, 0.3) is 0 Å². The second-order valence-electron chi connectivity index (χ2n) is 5.54. The molecule has 0 bridgehead atoms. The van der Waals surface area contributed by atoms with Gasteiger partial charge in [0, 0.05) is 38.9 Å². The Balaban J connectivity index is 1.86. The quantitative estimate of drug-likeness (QED) is 0.647. The molecule has 0 unspecified atom stereocenters. The van der Waals surface area contributed by atoms with Gasteiger partial charge < -0.3 is 19.9 Å². The molecule has 25 heavy (non-hydrogen) atoms. The molecule has 132 valence electrons. The summed E-state index contributed by atoms with van der Waals surface area (Å²) in [4.78, 5) is 27.3. The number of nitrogens with one attached hydrogen (secondary N) is 1. The number of ether oxygens (including phenoxy) is 1. The zero-order valence-electron chi connectivity index (χ0n) is 14.3. The summed E-state index contributed by atoms with van der Waals surface area (Å²) < 4.78 is 4.97. The molecule has 0 spiro atoms. The van der Waals surface area contributed by atoms with Crippen molar-refractivity contribution < 1.29 is 14.3 Å². The summed E-state index contributed by atoms with van der Waals surface area (Å²) in [7, 11) is 0. The molecule has 2 rings (SSSR count). The van der Waals surface area contributed by atoms with Crippen molar-refractivity contribution in [1.82, 2.24) is 15.1 Å². The van der Waals surface area contributed by atoms with Crippen molar-refractivity contribution in [3.05, 3.63) is 47.7 Å². The van der Waals surface area contributed by atoms with Crippen LogP contribution in [0.2, 0.25) is 0 Å². The molecule has 0 aromatic heterocycles. The smallest absolute Gasteiger partial charge is 0.409 e. The topological polar surface area (TPSA) is 85.7 Å². The predicted octanol–water partition coefficient (Wildman–Crippen LogP) is 1.48. The second-order valence-corrected chi connectivity index (χ2v) is 5.54. The summed E-state index contributed by atoms with van der Waals surface area (Å²) in [6.45, 7) is 4.59. The maximum absolute atomic E-state index is 12.2. The Labute approximate surface area is 147 Å². The molecule has 1 heterocycles. The molecule has 1 fully saturated rings. The molecule has 0 aliphatic carbocycles. The molecule has 1 saturated heterocycles. The first-order valence-corrected chi connectivity index (χ1v) is 8.23. The zero-order valence-corrected chi connectivity index (χ0v) is 14.3. The lowest BCUT2D eigenvalue weighted by Crippen LogP contribution is -2.47. The van der Waals surface area contributed by atoms with Crippen molar-refractivity contribution in [1.29, 1.82) is 5.26 Å². The molecule has 1 N–H and O–H groups in total. The van der Waals surface area contributed by atoms with Crippen molar-refractivity contribution in [2.45, 2.75) is 13.5 Å². The van der Waals surface area contributed by atoms with E-state index in [1.165, 1.54) is 0 Å². The fraction of sp³-hybridized carbons (Fsp3) is 0.389. The van der Waals surface area contributed by atoms with Crippen LogP contribution in [0.15, 0.2) is 42.1 Å². The Hall–Kier alpha value is -3.01. The first-order valence-electron chi connectivity index (χ1n) is 8.23. The Morgan fingerprint density at radius 1 is 1.24 bits per heavy atom. The number of nitrogens with zero attached hydrogens (tertiary/aromatic N) is 3. The van der Waals surface area contributed by atoms with E-state index in [-0.39, 0.29) is 11.7 Å². The summed E-state index contributed by atoms with van der Waals surface area (Å²) in [5.41, 5.74) is 1.02. The van der Waals surface area contributed by atoms with Crippen LogP contribution in [0.3, 0.4) is 0 Å². The summed E-state index contributed by atoms with van der Waals surface area (Å²) >= 11 is 0. The summed E-state index contributed by atoms with van der Waals surface area (Å²) in [6.07, 6.45) is 1.23. The summed E-state index contributed by atoms with van der Waals surface area (Å²) in [5, 5.41) is 12.0. The molecule has 7 heteroatoms. The molecule has 0 radical (unpaired) electrons. The second kappa shape index (κ2) is 9.33. The normalized spacial score (nSPS) is 14.6. The number of nitriles is 1. The Bertz CT molecular complexity index is 659. The van der Waals surface area contributed by atoms with Crippen LogP contribution in [0.1, 0.15) is 12.5 Å². The third kappa shape index (κ3) is 5.53. The van der Waals surface area contributed by atoms with E-state index in [1.807, 2.05) is 41.3 Å². The van der Waals surface area contributed by atoms with Crippen molar-refractivity contribution in [2.24, 2.45) is 0 Å². The number of amides is 2. The van der Waals surface area contributed by atoms with E-state index in [9.17, 15) is 14.9 Å². The minimum Gasteiger partial charge on any atom is -0.450 e. The van der Waals surface area contributed by atoms with E-state index >= 15 is 0 Å². The first-order chi connectivity index (χ1) is 12.1. The van der Waals surface area contributed by atoms with Gasteiger partial charge in [-0.25, -0.2) is 4.79 Å². The molecule has 7 nitrogen and oxygen atoms in total. The fourth-order valence-electron chi connectivity index (χ4n) is 2.44. The lowest BCUT2D eigenvalue weighted by molar-refractivity contribution is -0.117. The Morgan fingerprint density at radius 3 is 2.52 bits per heavy atom. The van der Waals surface area contributed by atoms with Gasteiger partial charge in [0.1, 0.15) is 11.6 Å². The van der Waals surface area contributed by atoms with Gasteiger partial charge in [-0.1, -0.05) is 30.3 Å². The highest BCUT2D eigenvalue weighted by molar-refractivity contribution is 5.97. The van der Waals surface area contributed by atoms with Gasteiger partial charge in [-0.2, -0.15) is 5.26 Å². The summed E-state index contributed by atoms with van der Waals surface area (Å²) in [5.74, 6) is -0.404. The Morgan fingerprint density at radius 2 is 1.92 bits per heavy atom. The number of rotatable bonds is 5. The van der Waals surface area contributed by atoms with E-state index in [2.05, 4.69) is 5.32 Å². The van der Waals surface area contributed by atoms with Gasteiger partial charge in [0.2, 0.25) is 0 Å². The van der Waals surface area contributed by atoms with E-state index in [1.54, 1.807) is 18.0 Å². The average molecular weight is 342 g/mol. The fourth-order valence-corrected chi connectivity index (χ4v) is 2.44. The van der Waals surface area contributed by atoms with Gasteiger partial charge in [-0.3, -0.25) is 4.79 Å². The standard InChI is InChI=1S/C18H22N4O3/c1-2-25-18(24)22-10-8-21(9-11-22)14-16(12-19)17(23)20-13-15-6-4-3-5-7-15/h3-7,14H,2,8-11,13H2,1H3,(H,20,23). The predicted molar refractivity (Wildman–Crippen MR) is 92.2 cm³/mol. The van der Waals surface area contributed by atoms with E-state index in [4.69, 9.17) is 4.74 Å². The van der Waals surface area contributed by atoms with Crippen LogP contribution in [0.5, 0.6) is 0 Å². The number of carbonyl (C=O) groups excluding carboxylic acids is 2. The van der Waals surface area contributed by atoms with Crippen LogP contribution in [0.4, 0.5) is 4.79 Å². The molecule has 1 aliphatic rings. The third-order valence-corrected chi connectivity index (χ3v) is 3.81. The van der Waals surface area contributed by atoms with E-state index < -0.39 is 5.91 Å². The maximum Gasteiger partial charge on any atom is 0.409 e. The molecule has 0 atom stereocenters. The lowest BCUT2D eigenvalue weighted by Gasteiger charge is -2.33. The van der Waals surface area contributed by atoms with Crippen molar-refractivity contribution >= 4 is 12.0 Å². The molecule has 0 saturated carbocycles. The first kappa shape index (κ1) is 18.3. The largest absolute Gasteiger partial charge is 0.450 e. The van der Waals surface area contributed by atoms with Crippen molar-refractivity contribution in [3.8, 4) is 6.07 Å². The minimum absolute atomic E-state index is 0.0560. The molecule has 1 aromatic rings. The van der Waals surface area contributed by atoms with Crippen LogP contribution in [-0.2, 0) is 16.1 Å². The molecule has 1 aliphatic heterocycles. The van der Waals surface area contributed by atoms with Gasteiger partial charge in [0.15, 0.2) is 0 Å². The van der Waals surface area contributed by atoms with E-state index in [0.717, 1.165) is 5.56 Å². The number of hydrogen-bond donors (Lipinski definition) is 1. The van der Waals surface area contributed by atoms with Crippen LogP contribution in [0, 0.1) is 11.3 Å². The number of hydrogen-bond acceptors (Lipinski definition) is 5. The SMILES string of the molecule is CCOC(=O)N1CCN(C=C(C#N)C(=O)NCc2ccccc2)CC1. The van der Waals surface area contributed by atoms with Gasteiger partial charge in [0.05, 0.1) is 6.61 Å². The van der Waals surface area contributed by atoms with Crippen molar-refractivity contribution in [2.75, 3.05) is 32.8 Å². The molecular weight excluding hydrogens is 320 g/mol. The number of carbonyl (C=O) groups is 2. The average Bonchev–Trinajstić information content (AvgIpc) is 2.65. The van der Waals surface area contributed by atoms with Gasteiger partial charge in [0.25, 0.3) is 5.91 Å². The van der Waals surface area contributed by atoms with Gasteiger partial charge in [-0.15, -0.1) is 0 Å². The number of benzene rings is 1. The maximum atomic E-state index is 12.2. The Kier molecular flexibility index (Phi) is 6.84. The molecule has 1 aromatic carbocycles. The highest BCUT2D eigenvalue weighted by atomic mass is 16.6. The minimum atomic E-state index is -0.404. The molecular formula is C18H22N4O3. The third-order valence-electron chi connectivity index (χ3n) is 3.81. The highest BCUT2D eigenvalue weighted by Gasteiger charge is 2.21. The van der Waals surface area contributed by atoms with Crippen molar-refractivity contribution in [3.63, 3.8) is 0 Å². The van der Waals surface area contributed by atoms with E-state index in [0.29, 0.717) is 39.3 Å².